The minimum Gasteiger partial charge on any atom is -0.435 e. The summed E-state index contributed by atoms with van der Waals surface area (Å²) in [5, 5.41) is 9.75. The summed E-state index contributed by atoms with van der Waals surface area (Å²) in [5.41, 5.74) is 0. The van der Waals surface area contributed by atoms with Crippen molar-refractivity contribution in [1.29, 1.82) is 0 Å². The van der Waals surface area contributed by atoms with Crippen LogP contribution in [0.25, 0.3) is 0 Å². The van der Waals surface area contributed by atoms with E-state index in [4.69, 9.17) is 12.2 Å². The van der Waals surface area contributed by atoms with Gasteiger partial charge in [0.1, 0.15) is 6.04 Å². The average Bonchev–Trinajstić information content (AvgIpc) is 3.21. The maximum absolute atomic E-state index is 13.0. The molecule has 0 spiro atoms. The third kappa shape index (κ3) is 11.5. The number of carboxylic acid groups (broad SMARTS) is 1. The SMILES string of the molecule is CCCCCCCCCCCCCCCCCC(=S)SCC(C)C(=O)[N@+]1(C(=O)O)CCCC1C. The third-order valence-corrected chi connectivity index (χ3v) is 9.27. The number of nitrogens with zero attached hydrogens (tertiary/aromatic N) is 1. The zero-order valence-corrected chi connectivity index (χ0v) is 24.0. The summed E-state index contributed by atoms with van der Waals surface area (Å²) >= 11 is 7.10. The number of amides is 2. The molecule has 1 aliphatic heterocycles. The molecule has 1 rings (SSSR count). The molecule has 6 heteroatoms. The van der Waals surface area contributed by atoms with E-state index in [1.807, 2.05) is 13.8 Å². The van der Waals surface area contributed by atoms with E-state index < -0.39 is 10.6 Å². The molecule has 0 aliphatic carbocycles. The van der Waals surface area contributed by atoms with E-state index in [2.05, 4.69) is 6.92 Å². The standard InChI is InChI=1S/C28H51NO3S2/c1-4-5-6-7-8-9-10-11-12-13-14-15-16-17-18-21-26(33)34-23-24(2)27(30)29(28(31)32)22-19-20-25(29)3/h24-25H,4-23H2,1-3H3/p+1/t24?,25?,29-/m0/s1. The molecule has 1 saturated heterocycles. The van der Waals surface area contributed by atoms with Crippen molar-refractivity contribution in [3.8, 4) is 0 Å². The van der Waals surface area contributed by atoms with Crippen LogP contribution in [0.2, 0.25) is 0 Å². The monoisotopic (exact) mass is 514 g/mol. The second-order valence-corrected chi connectivity index (χ2v) is 12.4. The van der Waals surface area contributed by atoms with E-state index in [0.29, 0.717) is 12.3 Å². The molecule has 1 heterocycles. The van der Waals surface area contributed by atoms with Gasteiger partial charge in [-0.15, -0.1) is 11.8 Å². The largest absolute Gasteiger partial charge is 0.521 e. The highest BCUT2D eigenvalue weighted by atomic mass is 32.2. The van der Waals surface area contributed by atoms with Gasteiger partial charge in [-0.05, 0) is 26.7 Å². The molecule has 198 valence electrons. The van der Waals surface area contributed by atoms with Crippen molar-refractivity contribution in [2.45, 2.75) is 142 Å². The van der Waals surface area contributed by atoms with Crippen molar-refractivity contribution in [2.75, 3.05) is 12.3 Å². The van der Waals surface area contributed by atoms with Crippen LogP contribution in [0.4, 0.5) is 4.79 Å². The lowest BCUT2D eigenvalue weighted by Crippen LogP contribution is -2.60. The lowest BCUT2D eigenvalue weighted by molar-refractivity contribution is -0.793. The number of hydrogen-bond acceptors (Lipinski definition) is 4. The minimum atomic E-state index is -0.993. The molecule has 0 aromatic heterocycles. The average molecular weight is 515 g/mol. The number of hydrogen-bond donors (Lipinski definition) is 1. The second kappa shape index (κ2) is 18.8. The Bertz CT molecular complexity index is 598. The molecule has 0 aromatic rings. The van der Waals surface area contributed by atoms with Crippen LogP contribution in [0.5, 0.6) is 0 Å². The first-order valence-corrected chi connectivity index (χ1v) is 15.6. The first-order valence-electron chi connectivity index (χ1n) is 14.2. The van der Waals surface area contributed by atoms with E-state index in [9.17, 15) is 14.7 Å². The van der Waals surface area contributed by atoms with Crippen LogP contribution in [-0.2, 0) is 4.79 Å². The molecule has 0 aromatic carbocycles. The Hall–Kier alpha value is -0.460. The van der Waals surface area contributed by atoms with Crippen LogP contribution in [0.15, 0.2) is 0 Å². The molecule has 0 bridgehead atoms. The normalized spacial score (nSPS) is 21.0. The maximum Gasteiger partial charge on any atom is 0.521 e. The molecule has 0 saturated carbocycles. The lowest BCUT2D eigenvalue weighted by atomic mass is 10.0. The number of unbranched alkanes of at least 4 members (excludes halogenated alkanes) is 14. The lowest BCUT2D eigenvalue weighted by Gasteiger charge is -2.31. The number of imide groups is 1. The van der Waals surface area contributed by atoms with E-state index >= 15 is 0 Å². The summed E-state index contributed by atoms with van der Waals surface area (Å²) in [5.74, 6) is 0.150. The Balaban J connectivity index is 2.01. The van der Waals surface area contributed by atoms with Gasteiger partial charge < -0.3 is 5.11 Å². The molecule has 34 heavy (non-hydrogen) atoms. The number of likely N-dealkylation sites (tertiary alicyclic amines) is 1. The number of rotatable bonds is 19. The highest BCUT2D eigenvalue weighted by molar-refractivity contribution is 8.23. The molecule has 1 aliphatic rings. The second-order valence-electron chi connectivity index (χ2n) is 10.5. The summed E-state index contributed by atoms with van der Waals surface area (Å²) in [4.78, 5) is 24.9. The predicted octanol–water partition coefficient (Wildman–Crippen LogP) is 9.15. The van der Waals surface area contributed by atoms with Gasteiger partial charge in [-0.3, -0.25) is 0 Å². The van der Waals surface area contributed by atoms with Crippen LogP contribution in [0, 0.1) is 5.92 Å². The third-order valence-electron chi connectivity index (χ3n) is 7.52. The van der Waals surface area contributed by atoms with Crippen LogP contribution >= 0.6 is 24.0 Å². The number of quaternary nitrogens is 1. The van der Waals surface area contributed by atoms with Gasteiger partial charge in [0.15, 0.2) is 0 Å². The van der Waals surface area contributed by atoms with E-state index in [1.165, 1.54) is 89.9 Å². The van der Waals surface area contributed by atoms with Crippen LogP contribution in [-0.4, -0.2) is 44.1 Å². The van der Waals surface area contributed by atoms with Crippen molar-refractivity contribution in [1.82, 2.24) is 0 Å². The van der Waals surface area contributed by atoms with Crippen molar-refractivity contribution < 1.29 is 19.2 Å². The van der Waals surface area contributed by atoms with Gasteiger partial charge in [-0.25, -0.2) is 4.79 Å². The van der Waals surface area contributed by atoms with Gasteiger partial charge >= 0.3 is 12.0 Å². The molecule has 0 radical (unpaired) electrons. The number of carbonyl (C=O) groups is 2. The predicted molar refractivity (Wildman–Crippen MR) is 151 cm³/mol. The van der Waals surface area contributed by atoms with Gasteiger partial charge in [0.05, 0.1) is 12.5 Å². The summed E-state index contributed by atoms with van der Waals surface area (Å²) in [7, 11) is 0. The fourth-order valence-corrected chi connectivity index (χ4v) is 6.39. The van der Waals surface area contributed by atoms with E-state index in [0.717, 1.165) is 29.9 Å². The van der Waals surface area contributed by atoms with Crippen LogP contribution in [0.3, 0.4) is 0 Å². The first kappa shape index (κ1) is 31.6. The topological polar surface area (TPSA) is 54.4 Å². The zero-order chi connectivity index (χ0) is 25.2. The number of thiocarbonyl (C=S) groups is 1. The molecular weight excluding hydrogens is 462 g/mol. The summed E-state index contributed by atoms with van der Waals surface area (Å²) in [6, 6.07) is -0.135. The Morgan fingerprint density at radius 2 is 1.38 bits per heavy atom. The molecule has 4 nitrogen and oxygen atoms in total. The zero-order valence-electron chi connectivity index (χ0n) is 22.3. The van der Waals surface area contributed by atoms with Gasteiger partial charge in [0, 0.05) is 22.8 Å². The Kier molecular flexibility index (Phi) is 17.4. The highest BCUT2D eigenvalue weighted by Crippen LogP contribution is 2.31. The molecule has 2 amide bonds. The van der Waals surface area contributed by atoms with Crippen molar-refractivity contribution >= 4 is 40.2 Å². The Morgan fingerprint density at radius 3 is 1.79 bits per heavy atom. The fourth-order valence-electron chi connectivity index (χ4n) is 5.18. The van der Waals surface area contributed by atoms with Crippen molar-refractivity contribution in [3.63, 3.8) is 0 Å². The van der Waals surface area contributed by atoms with Crippen molar-refractivity contribution in [3.05, 3.63) is 0 Å². The van der Waals surface area contributed by atoms with E-state index in [-0.39, 0.29) is 17.9 Å². The Labute approximate surface area is 219 Å². The van der Waals surface area contributed by atoms with Gasteiger partial charge in [-0.1, -0.05) is 109 Å². The smallest absolute Gasteiger partial charge is 0.435 e. The molecule has 2 unspecified atom stereocenters. The number of thioether (sulfide) groups is 1. The van der Waals surface area contributed by atoms with Gasteiger partial charge in [0.2, 0.25) is 0 Å². The van der Waals surface area contributed by atoms with Crippen LogP contribution in [0.1, 0.15) is 136 Å². The summed E-state index contributed by atoms with van der Waals surface area (Å²) in [6.07, 6.45) is 21.9. The minimum absolute atomic E-state index is 0.135. The fraction of sp³-hybridized carbons (Fsp3) is 0.893. The summed E-state index contributed by atoms with van der Waals surface area (Å²) in [6.45, 7) is 6.45. The van der Waals surface area contributed by atoms with E-state index in [1.54, 1.807) is 11.8 Å². The maximum atomic E-state index is 13.0. The van der Waals surface area contributed by atoms with Gasteiger partial charge in [0.25, 0.3) is 0 Å². The molecular formula is C28H52NO3S2+. The molecule has 3 atom stereocenters. The van der Waals surface area contributed by atoms with Crippen molar-refractivity contribution in [2.24, 2.45) is 5.92 Å². The summed E-state index contributed by atoms with van der Waals surface area (Å²) < 4.78 is 0.568. The number of carbonyl (C=O) groups excluding carboxylic acids is 1. The quantitative estimate of drug-likeness (QED) is 0.106. The Morgan fingerprint density at radius 1 is 0.912 bits per heavy atom. The van der Waals surface area contributed by atoms with Crippen LogP contribution < -0.4 is 0 Å². The highest BCUT2D eigenvalue weighted by Gasteiger charge is 2.54. The molecule has 1 fully saturated rings. The molecule has 1 N–H and O–H groups in total. The van der Waals surface area contributed by atoms with Gasteiger partial charge in [-0.2, -0.15) is 9.28 Å². The first-order chi connectivity index (χ1) is 16.4.